The van der Waals surface area contributed by atoms with E-state index >= 15 is 0 Å². The molecule has 1 N–H and O–H groups in total. The zero-order valence-corrected chi connectivity index (χ0v) is 20.3. The minimum absolute atomic E-state index is 0.224. The molecular weight excluding hydrogens is 497 g/mol. The van der Waals surface area contributed by atoms with Gasteiger partial charge in [0.25, 0.3) is 5.56 Å². The van der Waals surface area contributed by atoms with E-state index in [0.717, 1.165) is 16.9 Å². The molecule has 0 spiro atoms. The van der Waals surface area contributed by atoms with Gasteiger partial charge in [-0.15, -0.1) is 11.3 Å². The van der Waals surface area contributed by atoms with Crippen LogP contribution in [0.3, 0.4) is 0 Å². The molecule has 0 aliphatic heterocycles. The minimum atomic E-state index is -0.502. The number of fused-ring (bicyclic) bond motifs is 1. The fourth-order valence-electron chi connectivity index (χ4n) is 3.42. The summed E-state index contributed by atoms with van der Waals surface area (Å²) in [5.41, 5.74) is 1.54. The first-order valence-electron chi connectivity index (χ1n) is 10.3. The molecule has 10 heteroatoms. The maximum Gasteiger partial charge on any atom is 0.348 e. The van der Waals surface area contributed by atoms with E-state index in [2.05, 4.69) is 10.3 Å². The summed E-state index contributed by atoms with van der Waals surface area (Å²) in [5, 5.41) is 3.70. The smallest absolute Gasteiger partial charge is 0.348 e. The van der Waals surface area contributed by atoms with Gasteiger partial charge in [0, 0.05) is 22.2 Å². The van der Waals surface area contributed by atoms with Crippen molar-refractivity contribution < 1.29 is 14.3 Å². The molecule has 0 aliphatic rings. The number of benzene rings is 2. The first kappa shape index (κ1) is 23.9. The van der Waals surface area contributed by atoms with Gasteiger partial charge in [-0.3, -0.25) is 14.2 Å². The zero-order valence-electron chi connectivity index (χ0n) is 18.0. The van der Waals surface area contributed by atoms with Gasteiger partial charge in [0.2, 0.25) is 5.91 Å². The summed E-state index contributed by atoms with van der Waals surface area (Å²) in [5.74, 6) is -0.951. The van der Waals surface area contributed by atoms with Crippen molar-refractivity contribution >= 4 is 62.3 Å². The highest BCUT2D eigenvalue weighted by Gasteiger charge is 2.21. The average Bonchev–Trinajstić information content (AvgIpc) is 3.13. The molecule has 0 aliphatic carbocycles. The molecule has 1 amide bonds. The Morgan fingerprint density at radius 1 is 1.12 bits per heavy atom. The Balaban J connectivity index is 1.48. The van der Waals surface area contributed by atoms with Crippen LogP contribution in [0, 0.1) is 6.92 Å². The monoisotopic (exact) mass is 515 g/mol. The number of hydrogen-bond acceptors (Lipinski definition) is 6. The molecule has 0 atom stereocenters. The van der Waals surface area contributed by atoms with Crippen molar-refractivity contribution in [3.8, 4) is 0 Å². The highest BCUT2D eigenvalue weighted by atomic mass is 35.5. The number of anilines is 1. The Bertz CT molecular complexity index is 1410. The summed E-state index contributed by atoms with van der Waals surface area (Å²) in [6.45, 7) is 1.63. The maximum absolute atomic E-state index is 13.0. The van der Waals surface area contributed by atoms with Crippen LogP contribution >= 0.6 is 34.5 Å². The summed E-state index contributed by atoms with van der Waals surface area (Å²) in [6.07, 6.45) is 1.88. The van der Waals surface area contributed by atoms with Gasteiger partial charge in [0.1, 0.15) is 16.3 Å². The number of esters is 1. The normalized spacial score (nSPS) is 10.9. The summed E-state index contributed by atoms with van der Waals surface area (Å²) in [4.78, 5) is 43.1. The van der Waals surface area contributed by atoms with Gasteiger partial charge in [-0.1, -0.05) is 53.5 Å². The molecule has 34 heavy (non-hydrogen) atoms. The lowest BCUT2D eigenvalue weighted by molar-refractivity contribution is -0.116. The number of aryl methyl sites for hydroxylation is 1. The number of halogens is 2. The van der Waals surface area contributed by atoms with Crippen LogP contribution < -0.4 is 10.9 Å². The van der Waals surface area contributed by atoms with Gasteiger partial charge >= 0.3 is 5.97 Å². The van der Waals surface area contributed by atoms with Crippen LogP contribution in [-0.2, 0) is 22.5 Å². The van der Waals surface area contributed by atoms with Gasteiger partial charge in [-0.2, -0.15) is 0 Å². The number of thiophene rings is 1. The van der Waals surface area contributed by atoms with Crippen molar-refractivity contribution in [3.63, 3.8) is 0 Å². The van der Waals surface area contributed by atoms with Crippen LogP contribution in [0.2, 0.25) is 10.0 Å². The van der Waals surface area contributed by atoms with Crippen LogP contribution in [-0.4, -0.2) is 28.0 Å². The zero-order chi connectivity index (χ0) is 24.2. The number of rotatable bonds is 7. The van der Waals surface area contributed by atoms with Gasteiger partial charge in [0.15, 0.2) is 0 Å². The van der Waals surface area contributed by atoms with Crippen molar-refractivity contribution in [2.75, 3.05) is 11.9 Å². The van der Waals surface area contributed by atoms with E-state index in [0.29, 0.717) is 42.8 Å². The van der Waals surface area contributed by atoms with E-state index < -0.39 is 17.4 Å². The standard InChI is InChI=1S/C24H19Cl2N3O4S/c1-14-20-22(34-21(14)24(32)33-8-7-15-5-3-2-4-6-15)27-13-29(23(20)31)12-19(30)28-18-10-16(25)9-17(26)11-18/h2-6,9-11,13H,7-8,12H2,1H3,(H,28,30). The van der Waals surface area contributed by atoms with E-state index in [-0.39, 0.29) is 13.2 Å². The second-order valence-electron chi connectivity index (χ2n) is 7.49. The molecule has 7 nitrogen and oxygen atoms in total. The van der Waals surface area contributed by atoms with Gasteiger partial charge in [0.05, 0.1) is 18.3 Å². The van der Waals surface area contributed by atoms with E-state index in [1.54, 1.807) is 25.1 Å². The molecule has 0 bridgehead atoms. The van der Waals surface area contributed by atoms with Gasteiger partial charge in [-0.25, -0.2) is 9.78 Å². The molecule has 0 saturated carbocycles. The van der Waals surface area contributed by atoms with Crippen molar-refractivity contribution in [2.45, 2.75) is 19.9 Å². The van der Waals surface area contributed by atoms with Gasteiger partial charge < -0.3 is 10.1 Å². The van der Waals surface area contributed by atoms with E-state index in [1.807, 2.05) is 30.3 Å². The molecule has 174 valence electrons. The Morgan fingerprint density at radius 3 is 2.53 bits per heavy atom. The summed E-state index contributed by atoms with van der Waals surface area (Å²) >= 11 is 13.0. The molecule has 0 radical (unpaired) electrons. The first-order valence-corrected chi connectivity index (χ1v) is 11.8. The lowest BCUT2D eigenvalue weighted by Gasteiger charge is -2.08. The molecule has 2 aromatic heterocycles. The Kier molecular flexibility index (Phi) is 7.31. The van der Waals surface area contributed by atoms with Crippen LogP contribution in [0.25, 0.3) is 10.2 Å². The highest BCUT2D eigenvalue weighted by molar-refractivity contribution is 7.20. The van der Waals surface area contributed by atoms with E-state index in [1.165, 1.54) is 10.9 Å². The Labute approximate surface area is 208 Å². The summed E-state index contributed by atoms with van der Waals surface area (Å²) in [7, 11) is 0. The number of nitrogens with one attached hydrogen (secondary N) is 1. The topological polar surface area (TPSA) is 90.3 Å². The summed E-state index contributed by atoms with van der Waals surface area (Å²) in [6, 6.07) is 14.3. The number of carbonyl (C=O) groups excluding carboxylic acids is 2. The number of amides is 1. The third-order valence-corrected chi connectivity index (χ3v) is 6.65. The van der Waals surface area contributed by atoms with Crippen LogP contribution in [0.5, 0.6) is 0 Å². The number of hydrogen-bond donors (Lipinski definition) is 1. The number of carbonyl (C=O) groups is 2. The molecule has 0 unspecified atom stereocenters. The first-order chi connectivity index (χ1) is 16.3. The molecule has 2 aromatic carbocycles. The lowest BCUT2D eigenvalue weighted by atomic mass is 10.2. The second kappa shape index (κ2) is 10.4. The predicted octanol–water partition coefficient (Wildman–Crippen LogP) is 5.11. The minimum Gasteiger partial charge on any atom is -0.461 e. The van der Waals surface area contributed by atoms with Crippen molar-refractivity contribution in [3.05, 3.63) is 91.3 Å². The quantitative estimate of drug-likeness (QED) is 0.345. The highest BCUT2D eigenvalue weighted by Crippen LogP contribution is 2.27. The average molecular weight is 516 g/mol. The second-order valence-corrected chi connectivity index (χ2v) is 9.36. The molecule has 2 heterocycles. The van der Waals surface area contributed by atoms with E-state index in [9.17, 15) is 14.4 Å². The Morgan fingerprint density at radius 2 is 1.82 bits per heavy atom. The maximum atomic E-state index is 13.0. The Hall–Kier alpha value is -3.20. The molecule has 0 fully saturated rings. The molecule has 0 saturated heterocycles. The molecule has 4 rings (SSSR count). The third kappa shape index (κ3) is 5.47. The fourth-order valence-corrected chi connectivity index (χ4v) is 4.98. The molecular formula is C24H19Cl2N3O4S. The molecule has 4 aromatic rings. The summed E-state index contributed by atoms with van der Waals surface area (Å²) < 4.78 is 6.60. The third-order valence-electron chi connectivity index (χ3n) is 5.03. The predicted molar refractivity (Wildman–Crippen MR) is 134 cm³/mol. The van der Waals surface area contributed by atoms with Gasteiger partial charge in [-0.05, 0) is 36.2 Å². The largest absolute Gasteiger partial charge is 0.461 e. The van der Waals surface area contributed by atoms with Crippen LogP contribution in [0.1, 0.15) is 20.8 Å². The number of ether oxygens (including phenoxy) is 1. The van der Waals surface area contributed by atoms with Crippen LogP contribution in [0.15, 0.2) is 59.7 Å². The number of aromatic nitrogens is 2. The van der Waals surface area contributed by atoms with Crippen molar-refractivity contribution in [2.24, 2.45) is 0 Å². The van der Waals surface area contributed by atoms with Crippen molar-refractivity contribution in [1.29, 1.82) is 0 Å². The lowest BCUT2D eigenvalue weighted by Crippen LogP contribution is -2.27. The SMILES string of the molecule is Cc1c(C(=O)OCCc2ccccc2)sc2ncn(CC(=O)Nc3cc(Cl)cc(Cl)c3)c(=O)c12. The number of nitrogens with zero attached hydrogens (tertiary/aromatic N) is 2. The fraction of sp³-hybridized carbons (Fsp3) is 0.167. The van der Waals surface area contributed by atoms with E-state index in [4.69, 9.17) is 27.9 Å². The van der Waals surface area contributed by atoms with Crippen molar-refractivity contribution in [1.82, 2.24) is 9.55 Å². The van der Waals surface area contributed by atoms with Crippen LogP contribution in [0.4, 0.5) is 5.69 Å².